The summed E-state index contributed by atoms with van der Waals surface area (Å²) < 4.78 is 10.0. The van der Waals surface area contributed by atoms with Crippen LogP contribution < -0.4 is 14.8 Å². The summed E-state index contributed by atoms with van der Waals surface area (Å²) in [5, 5.41) is 3.19. The molecule has 1 unspecified atom stereocenters. The van der Waals surface area contributed by atoms with E-state index in [1.807, 2.05) is 0 Å². The minimum atomic E-state index is 0.248. The maximum atomic E-state index is 5.01. The number of nitrogens with zero attached hydrogens (tertiary/aromatic N) is 4. The van der Waals surface area contributed by atoms with Crippen molar-refractivity contribution in [2.24, 2.45) is 0 Å². The second-order valence-electron chi connectivity index (χ2n) is 4.76. The summed E-state index contributed by atoms with van der Waals surface area (Å²) in [5.74, 6) is 0.472. The molecular weight excluding hydrogens is 246 g/mol. The molecule has 7 nitrogen and oxygen atoms in total. The van der Waals surface area contributed by atoms with Crippen LogP contribution in [-0.4, -0.2) is 59.7 Å². The number of hydrogen-bond acceptors (Lipinski definition) is 7. The van der Waals surface area contributed by atoms with Crippen LogP contribution in [0.4, 0.5) is 5.95 Å². The highest BCUT2D eigenvalue weighted by Gasteiger charge is 2.29. The molecular formula is C12H21N5O2. The zero-order chi connectivity index (χ0) is 13.8. The molecule has 19 heavy (non-hydrogen) atoms. The summed E-state index contributed by atoms with van der Waals surface area (Å²) in [5.41, 5.74) is 0. The molecule has 1 fully saturated rings. The molecule has 1 heterocycles. The van der Waals surface area contributed by atoms with E-state index in [-0.39, 0.29) is 12.0 Å². The minimum Gasteiger partial charge on any atom is -0.467 e. The van der Waals surface area contributed by atoms with Gasteiger partial charge in [0.2, 0.25) is 5.95 Å². The highest BCUT2D eigenvalue weighted by atomic mass is 16.5. The maximum absolute atomic E-state index is 5.01. The lowest BCUT2D eigenvalue weighted by Gasteiger charge is -2.24. The SMILES string of the molecule is COc1nc(NCC(C)N(C)C2CC2)nc(OC)n1. The molecule has 0 bridgehead atoms. The average Bonchev–Trinajstić information content (AvgIpc) is 3.27. The number of anilines is 1. The number of nitrogens with one attached hydrogen (secondary N) is 1. The third-order valence-corrected chi connectivity index (χ3v) is 3.33. The Morgan fingerprint density at radius 1 is 1.21 bits per heavy atom. The van der Waals surface area contributed by atoms with E-state index in [2.05, 4.69) is 39.1 Å². The van der Waals surface area contributed by atoms with Crippen LogP contribution in [0.25, 0.3) is 0 Å². The lowest BCUT2D eigenvalue weighted by molar-refractivity contribution is 0.257. The fraction of sp³-hybridized carbons (Fsp3) is 0.750. The van der Waals surface area contributed by atoms with E-state index in [9.17, 15) is 0 Å². The van der Waals surface area contributed by atoms with Gasteiger partial charge in [0.25, 0.3) is 0 Å². The van der Waals surface area contributed by atoms with Gasteiger partial charge in [0.15, 0.2) is 0 Å². The molecule has 106 valence electrons. The summed E-state index contributed by atoms with van der Waals surface area (Å²) in [7, 11) is 5.18. The van der Waals surface area contributed by atoms with Crippen LogP contribution >= 0.6 is 0 Å². The van der Waals surface area contributed by atoms with E-state index in [1.165, 1.54) is 27.1 Å². The van der Waals surface area contributed by atoms with Crippen molar-refractivity contribution in [3.8, 4) is 12.0 Å². The molecule has 0 radical (unpaired) electrons. The smallest absolute Gasteiger partial charge is 0.324 e. The van der Waals surface area contributed by atoms with Gasteiger partial charge >= 0.3 is 12.0 Å². The van der Waals surface area contributed by atoms with Crippen LogP contribution in [-0.2, 0) is 0 Å². The van der Waals surface area contributed by atoms with Gasteiger partial charge in [-0.2, -0.15) is 9.97 Å². The summed E-state index contributed by atoms with van der Waals surface area (Å²) in [6.07, 6.45) is 2.60. The largest absolute Gasteiger partial charge is 0.467 e. The molecule has 1 aromatic rings. The predicted molar refractivity (Wildman–Crippen MR) is 71.7 cm³/mol. The van der Waals surface area contributed by atoms with Crippen molar-refractivity contribution in [3.63, 3.8) is 0 Å². The van der Waals surface area contributed by atoms with Crippen LogP contribution in [0.15, 0.2) is 0 Å². The fourth-order valence-corrected chi connectivity index (χ4v) is 1.82. The van der Waals surface area contributed by atoms with Crippen LogP contribution in [0.5, 0.6) is 12.0 Å². The Bertz CT molecular complexity index is 402. The van der Waals surface area contributed by atoms with E-state index >= 15 is 0 Å². The molecule has 0 saturated heterocycles. The summed E-state index contributed by atoms with van der Waals surface area (Å²) in [6.45, 7) is 2.95. The third-order valence-electron chi connectivity index (χ3n) is 3.33. The Morgan fingerprint density at radius 2 is 1.79 bits per heavy atom. The lowest BCUT2D eigenvalue weighted by Crippen LogP contribution is -2.36. The molecule has 1 aromatic heterocycles. The number of methoxy groups -OCH3 is 2. The van der Waals surface area contributed by atoms with Crippen LogP contribution in [0.1, 0.15) is 19.8 Å². The van der Waals surface area contributed by atoms with Crippen molar-refractivity contribution in [3.05, 3.63) is 0 Å². The molecule has 7 heteroatoms. The molecule has 2 rings (SSSR count). The molecule has 0 aliphatic heterocycles. The Balaban J connectivity index is 1.94. The van der Waals surface area contributed by atoms with E-state index in [0.717, 1.165) is 12.6 Å². The molecule has 1 N–H and O–H groups in total. The van der Waals surface area contributed by atoms with Gasteiger partial charge in [-0.25, -0.2) is 0 Å². The first-order valence-electron chi connectivity index (χ1n) is 6.44. The van der Waals surface area contributed by atoms with Gasteiger partial charge in [-0.15, -0.1) is 4.98 Å². The normalized spacial score (nSPS) is 16.3. The lowest BCUT2D eigenvalue weighted by atomic mass is 10.3. The molecule has 1 saturated carbocycles. The van der Waals surface area contributed by atoms with Crippen molar-refractivity contribution >= 4 is 5.95 Å². The molecule has 1 aliphatic carbocycles. The summed E-state index contributed by atoms with van der Waals surface area (Å²) in [4.78, 5) is 14.6. The Kier molecular flexibility index (Phi) is 4.36. The van der Waals surface area contributed by atoms with E-state index < -0.39 is 0 Å². The van der Waals surface area contributed by atoms with Crippen LogP contribution in [0.2, 0.25) is 0 Å². The zero-order valence-corrected chi connectivity index (χ0v) is 11.9. The highest BCUT2D eigenvalue weighted by molar-refractivity contribution is 5.27. The first-order valence-corrected chi connectivity index (χ1v) is 6.44. The monoisotopic (exact) mass is 267 g/mol. The van der Waals surface area contributed by atoms with Crippen LogP contribution in [0.3, 0.4) is 0 Å². The first-order chi connectivity index (χ1) is 9.13. The second kappa shape index (κ2) is 6.01. The van der Waals surface area contributed by atoms with Gasteiger partial charge in [0.05, 0.1) is 14.2 Å². The van der Waals surface area contributed by atoms with Gasteiger partial charge in [-0.3, -0.25) is 4.90 Å². The van der Waals surface area contributed by atoms with E-state index in [4.69, 9.17) is 9.47 Å². The Morgan fingerprint density at radius 3 is 2.26 bits per heavy atom. The first kappa shape index (κ1) is 13.8. The van der Waals surface area contributed by atoms with Crippen molar-refractivity contribution in [2.75, 3.05) is 33.1 Å². The van der Waals surface area contributed by atoms with Crippen molar-refractivity contribution in [1.82, 2.24) is 19.9 Å². The Hall–Kier alpha value is -1.63. The standard InChI is InChI=1S/C12H21N5O2/c1-8(17(2)9-5-6-9)7-13-10-14-11(18-3)16-12(15-10)19-4/h8-9H,5-7H2,1-4H3,(H,13,14,15,16). The number of rotatable bonds is 7. The summed E-state index contributed by atoms with van der Waals surface area (Å²) in [6, 6.07) is 1.65. The molecule has 1 aliphatic rings. The molecule has 0 spiro atoms. The van der Waals surface area contributed by atoms with Crippen molar-refractivity contribution in [1.29, 1.82) is 0 Å². The van der Waals surface area contributed by atoms with Gasteiger partial charge in [0, 0.05) is 18.6 Å². The number of hydrogen-bond donors (Lipinski definition) is 1. The fourth-order valence-electron chi connectivity index (χ4n) is 1.82. The van der Waals surface area contributed by atoms with Crippen molar-refractivity contribution in [2.45, 2.75) is 31.8 Å². The number of aromatic nitrogens is 3. The average molecular weight is 267 g/mol. The van der Waals surface area contributed by atoms with Gasteiger partial charge in [0.1, 0.15) is 0 Å². The van der Waals surface area contributed by atoms with E-state index in [1.54, 1.807) is 0 Å². The molecule has 1 atom stereocenters. The van der Waals surface area contributed by atoms with Crippen molar-refractivity contribution < 1.29 is 9.47 Å². The third kappa shape index (κ3) is 3.66. The highest BCUT2D eigenvalue weighted by Crippen LogP contribution is 2.26. The molecule has 0 aromatic carbocycles. The van der Waals surface area contributed by atoms with Crippen LogP contribution in [0, 0.1) is 0 Å². The topological polar surface area (TPSA) is 72.4 Å². The maximum Gasteiger partial charge on any atom is 0.324 e. The number of likely N-dealkylation sites (N-methyl/N-ethyl adjacent to an activating group) is 1. The number of ether oxygens (including phenoxy) is 2. The van der Waals surface area contributed by atoms with Gasteiger partial charge in [-0.1, -0.05) is 0 Å². The van der Waals surface area contributed by atoms with E-state index in [0.29, 0.717) is 12.0 Å². The molecule has 0 amide bonds. The van der Waals surface area contributed by atoms with Gasteiger partial charge < -0.3 is 14.8 Å². The Labute approximate surface area is 113 Å². The quantitative estimate of drug-likeness (QED) is 0.782. The zero-order valence-electron chi connectivity index (χ0n) is 11.9. The summed E-state index contributed by atoms with van der Waals surface area (Å²) >= 11 is 0. The second-order valence-corrected chi connectivity index (χ2v) is 4.76. The minimum absolute atomic E-state index is 0.248. The predicted octanol–water partition coefficient (Wildman–Crippen LogP) is 0.783. The van der Waals surface area contributed by atoms with Gasteiger partial charge in [-0.05, 0) is 26.8 Å².